The second-order valence-corrected chi connectivity index (χ2v) is 10.8. The summed E-state index contributed by atoms with van der Waals surface area (Å²) in [7, 11) is -1.16. The van der Waals surface area contributed by atoms with Crippen molar-refractivity contribution in [1.82, 2.24) is 0 Å². The van der Waals surface area contributed by atoms with Crippen molar-refractivity contribution < 1.29 is 4.74 Å². The topological polar surface area (TPSA) is 21.6 Å². The van der Waals surface area contributed by atoms with Gasteiger partial charge in [0.05, 0.1) is 27.3 Å². The third kappa shape index (κ3) is 7.21. The highest BCUT2D eigenvalue weighted by atomic mass is 28.3. The molecule has 1 atom stereocenters. The smallest absolute Gasteiger partial charge is 0.0982 e. The Morgan fingerprint density at radius 3 is 2.55 bits per heavy atom. The van der Waals surface area contributed by atoms with Crippen LogP contribution < -0.4 is 0 Å². The average molecular weight is 287 g/mol. The predicted octanol–water partition coefficient (Wildman–Crippen LogP) is 4.43. The molecule has 0 spiro atoms. The van der Waals surface area contributed by atoms with Crippen molar-refractivity contribution >= 4 is 14.3 Å². The number of hydrogen-bond donors (Lipinski definition) is 0. The van der Waals surface area contributed by atoms with Gasteiger partial charge < -0.3 is 4.74 Å². The molecular weight excluding hydrogens is 262 g/mol. The van der Waals surface area contributed by atoms with E-state index >= 15 is 0 Å². The maximum Gasteiger partial charge on any atom is 0.0982 e. The molecule has 1 aromatic carbocycles. The standard InChI is InChI=1S/C17H25NOSi/c1-5-13-19-15-17(16-10-7-6-8-11-16)18-12-9-14-20(2,3)4/h5-12,14,17H,1,13,15H2,2-4H3/b14-9+,18-12?/t17-/m0/s1. The van der Waals surface area contributed by atoms with E-state index in [1.807, 2.05) is 24.4 Å². The third-order valence-electron chi connectivity index (χ3n) is 2.64. The molecule has 0 bridgehead atoms. The van der Waals surface area contributed by atoms with Crippen molar-refractivity contribution in [3.05, 3.63) is 60.3 Å². The van der Waals surface area contributed by atoms with Gasteiger partial charge in [-0.1, -0.05) is 67.8 Å². The fourth-order valence-corrected chi connectivity index (χ4v) is 2.31. The van der Waals surface area contributed by atoms with Crippen LogP contribution in [0.5, 0.6) is 0 Å². The number of allylic oxidation sites excluding steroid dienone is 1. The first-order valence-electron chi connectivity index (χ1n) is 6.97. The summed E-state index contributed by atoms with van der Waals surface area (Å²) < 4.78 is 5.55. The quantitative estimate of drug-likeness (QED) is 0.300. The Morgan fingerprint density at radius 2 is 1.95 bits per heavy atom. The molecule has 0 saturated heterocycles. The van der Waals surface area contributed by atoms with E-state index in [2.05, 4.69) is 55.1 Å². The molecule has 0 fully saturated rings. The van der Waals surface area contributed by atoms with E-state index in [1.165, 1.54) is 5.56 Å². The Labute approximate surface area is 123 Å². The van der Waals surface area contributed by atoms with Gasteiger partial charge in [0, 0.05) is 6.21 Å². The maximum absolute atomic E-state index is 5.55. The number of benzene rings is 1. The molecule has 0 saturated carbocycles. The highest BCUT2D eigenvalue weighted by Gasteiger charge is 2.09. The zero-order valence-corrected chi connectivity index (χ0v) is 13.8. The first-order valence-corrected chi connectivity index (χ1v) is 10.6. The third-order valence-corrected chi connectivity index (χ3v) is 3.84. The van der Waals surface area contributed by atoms with Crippen LogP contribution in [0.25, 0.3) is 0 Å². The summed E-state index contributed by atoms with van der Waals surface area (Å²) in [6.45, 7) is 11.7. The molecule has 0 amide bonds. The van der Waals surface area contributed by atoms with Crippen molar-refractivity contribution in [2.45, 2.75) is 25.7 Å². The van der Waals surface area contributed by atoms with Crippen molar-refractivity contribution in [1.29, 1.82) is 0 Å². The molecule has 0 aromatic heterocycles. The van der Waals surface area contributed by atoms with Gasteiger partial charge in [0.25, 0.3) is 0 Å². The molecule has 0 aliphatic carbocycles. The minimum absolute atomic E-state index is 0.0439. The van der Waals surface area contributed by atoms with Gasteiger partial charge in [-0.2, -0.15) is 0 Å². The molecule has 0 radical (unpaired) electrons. The van der Waals surface area contributed by atoms with Crippen LogP contribution in [-0.2, 0) is 4.74 Å². The Kier molecular flexibility index (Phi) is 7.19. The van der Waals surface area contributed by atoms with E-state index < -0.39 is 8.07 Å². The van der Waals surface area contributed by atoms with Crippen LogP contribution in [-0.4, -0.2) is 27.5 Å². The second kappa shape index (κ2) is 8.66. The van der Waals surface area contributed by atoms with Gasteiger partial charge >= 0.3 is 0 Å². The molecule has 0 unspecified atom stereocenters. The number of nitrogens with zero attached hydrogens (tertiary/aromatic N) is 1. The Hall–Kier alpha value is -1.45. The minimum Gasteiger partial charge on any atom is -0.375 e. The average Bonchev–Trinajstić information content (AvgIpc) is 2.41. The second-order valence-electron chi connectivity index (χ2n) is 5.78. The van der Waals surface area contributed by atoms with Crippen LogP contribution in [0.1, 0.15) is 11.6 Å². The molecule has 0 N–H and O–H groups in total. The lowest BCUT2D eigenvalue weighted by atomic mass is 10.1. The van der Waals surface area contributed by atoms with Crippen LogP contribution in [0.3, 0.4) is 0 Å². The fraction of sp³-hybridized carbons (Fsp3) is 0.353. The van der Waals surface area contributed by atoms with Crippen LogP contribution in [0.2, 0.25) is 19.6 Å². The van der Waals surface area contributed by atoms with Gasteiger partial charge in [-0.05, 0) is 5.56 Å². The van der Waals surface area contributed by atoms with E-state index in [9.17, 15) is 0 Å². The summed E-state index contributed by atoms with van der Waals surface area (Å²) in [6.07, 6.45) is 5.72. The summed E-state index contributed by atoms with van der Waals surface area (Å²) in [5.74, 6) is 0. The molecule has 2 nitrogen and oxygen atoms in total. The maximum atomic E-state index is 5.55. The summed E-state index contributed by atoms with van der Waals surface area (Å²) >= 11 is 0. The normalized spacial score (nSPS) is 13.9. The molecule has 0 aliphatic rings. The zero-order chi connectivity index (χ0) is 14.8. The van der Waals surface area contributed by atoms with E-state index in [0.717, 1.165) is 0 Å². The van der Waals surface area contributed by atoms with Gasteiger partial charge in [-0.3, -0.25) is 4.99 Å². The van der Waals surface area contributed by atoms with E-state index in [1.54, 1.807) is 6.08 Å². The number of ether oxygens (including phenoxy) is 1. The lowest BCUT2D eigenvalue weighted by molar-refractivity contribution is 0.148. The molecule has 108 valence electrons. The van der Waals surface area contributed by atoms with Crippen LogP contribution >= 0.6 is 0 Å². The van der Waals surface area contributed by atoms with Crippen molar-refractivity contribution in [2.24, 2.45) is 4.99 Å². The van der Waals surface area contributed by atoms with Gasteiger partial charge in [0.2, 0.25) is 0 Å². The summed E-state index contributed by atoms with van der Waals surface area (Å²) in [5.41, 5.74) is 3.46. The first-order chi connectivity index (χ1) is 9.53. The summed E-state index contributed by atoms with van der Waals surface area (Å²) in [5, 5.41) is 0. The van der Waals surface area contributed by atoms with Crippen LogP contribution in [0.4, 0.5) is 0 Å². The largest absolute Gasteiger partial charge is 0.375 e. The van der Waals surface area contributed by atoms with Crippen molar-refractivity contribution in [3.63, 3.8) is 0 Å². The molecule has 1 rings (SSSR count). The van der Waals surface area contributed by atoms with Crippen LogP contribution in [0.15, 0.2) is 59.8 Å². The van der Waals surface area contributed by atoms with Gasteiger partial charge in [-0.15, -0.1) is 6.58 Å². The Bertz CT molecular complexity index is 446. The Morgan fingerprint density at radius 1 is 1.25 bits per heavy atom. The minimum atomic E-state index is -1.16. The molecule has 0 heterocycles. The lowest BCUT2D eigenvalue weighted by Gasteiger charge is -2.12. The lowest BCUT2D eigenvalue weighted by Crippen LogP contribution is -2.15. The molecule has 20 heavy (non-hydrogen) atoms. The van der Waals surface area contributed by atoms with Gasteiger partial charge in [0.15, 0.2) is 0 Å². The number of hydrogen-bond acceptors (Lipinski definition) is 2. The molecule has 3 heteroatoms. The SMILES string of the molecule is C=CCOC[C@H](N=C/C=C/[Si](C)(C)C)c1ccccc1. The van der Waals surface area contributed by atoms with Gasteiger partial charge in [-0.25, -0.2) is 0 Å². The van der Waals surface area contributed by atoms with Crippen molar-refractivity contribution in [2.75, 3.05) is 13.2 Å². The molecule has 0 aliphatic heterocycles. The van der Waals surface area contributed by atoms with Gasteiger partial charge in [0.1, 0.15) is 0 Å². The monoisotopic (exact) mass is 287 g/mol. The summed E-state index contributed by atoms with van der Waals surface area (Å²) in [4.78, 5) is 4.62. The predicted molar refractivity (Wildman–Crippen MR) is 91.2 cm³/mol. The molecular formula is C17H25NOSi. The highest BCUT2D eigenvalue weighted by molar-refractivity contribution is 6.81. The fourth-order valence-electron chi connectivity index (χ4n) is 1.65. The summed E-state index contributed by atoms with van der Waals surface area (Å²) in [6, 6.07) is 10.3. The highest BCUT2D eigenvalue weighted by Crippen LogP contribution is 2.17. The van der Waals surface area contributed by atoms with E-state index in [4.69, 9.17) is 4.74 Å². The van der Waals surface area contributed by atoms with E-state index in [0.29, 0.717) is 13.2 Å². The number of aliphatic imine (C=N–C) groups is 1. The first kappa shape index (κ1) is 16.6. The molecule has 1 aromatic rings. The van der Waals surface area contributed by atoms with E-state index in [-0.39, 0.29) is 6.04 Å². The zero-order valence-electron chi connectivity index (χ0n) is 12.8. The Balaban J connectivity index is 2.70. The van der Waals surface area contributed by atoms with Crippen LogP contribution in [0, 0.1) is 0 Å². The number of rotatable bonds is 8. The van der Waals surface area contributed by atoms with Crippen molar-refractivity contribution in [3.8, 4) is 0 Å².